The van der Waals surface area contributed by atoms with Gasteiger partial charge in [-0.05, 0) is 23.6 Å². The van der Waals surface area contributed by atoms with Crippen molar-refractivity contribution in [3.63, 3.8) is 0 Å². The Kier molecular flexibility index (Phi) is 5.29. The summed E-state index contributed by atoms with van der Waals surface area (Å²) in [7, 11) is 0. The maximum atomic E-state index is 9.11. The molecule has 0 heterocycles. The van der Waals surface area contributed by atoms with E-state index in [0.717, 1.165) is 17.9 Å². The number of aliphatic hydroxyl groups is 1. The molecule has 0 aliphatic heterocycles. The average molecular weight is 223 g/mol. The summed E-state index contributed by atoms with van der Waals surface area (Å²) in [6.07, 6.45) is 0. The third-order valence-corrected chi connectivity index (χ3v) is 2.44. The lowest BCUT2D eigenvalue weighted by Gasteiger charge is -2.13. The van der Waals surface area contributed by atoms with Crippen molar-refractivity contribution in [2.24, 2.45) is 11.7 Å². The van der Waals surface area contributed by atoms with Crippen LogP contribution in [0.1, 0.15) is 25.3 Å². The van der Waals surface area contributed by atoms with Gasteiger partial charge in [-0.1, -0.05) is 26.0 Å². The predicted octanol–water partition coefficient (Wildman–Crippen LogP) is 1.76. The second kappa shape index (κ2) is 6.51. The zero-order valence-electron chi connectivity index (χ0n) is 10.0. The highest BCUT2D eigenvalue weighted by Gasteiger charge is 2.07. The average Bonchev–Trinajstić information content (AvgIpc) is 2.29. The van der Waals surface area contributed by atoms with E-state index in [9.17, 15) is 0 Å². The monoisotopic (exact) mass is 223 g/mol. The molecule has 3 N–H and O–H groups in total. The van der Waals surface area contributed by atoms with Crippen LogP contribution in [0.2, 0.25) is 0 Å². The van der Waals surface area contributed by atoms with Gasteiger partial charge in [-0.3, -0.25) is 0 Å². The Labute approximate surface area is 97.2 Å². The summed E-state index contributed by atoms with van der Waals surface area (Å²) in [4.78, 5) is 0. The van der Waals surface area contributed by atoms with E-state index in [1.54, 1.807) is 0 Å². The molecule has 1 rings (SSSR count). The molecule has 0 saturated heterocycles. The first kappa shape index (κ1) is 13.0. The molecule has 0 amide bonds. The van der Waals surface area contributed by atoms with Crippen LogP contribution < -0.4 is 10.5 Å². The zero-order valence-corrected chi connectivity index (χ0v) is 10.0. The first-order chi connectivity index (χ1) is 7.67. The minimum atomic E-state index is 0.0270. The van der Waals surface area contributed by atoms with Crippen LogP contribution in [0.3, 0.4) is 0 Å². The fraction of sp³-hybridized carbons (Fsp3) is 0.538. The van der Waals surface area contributed by atoms with Crippen LogP contribution in [0.15, 0.2) is 24.3 Å². The minimum absolute atomic E-state index is 0.0270. The van der Waals surface area contributed by atoms with E-state index in [4.69, 9.17) is 15.6 Å². The summed E-state index contributed by atoms with van der Waals surface area (Å²) in [6, 6.07) is 7.78. The Morgan fingerprint density at radius 1 is 1.25 bits per heavy atom. The summed E-state index contributed by atoms with van der Waals surface area (Å²) in [5.74, 6) is 1.42. The highest BCUT2D eigenvalue weighted by Crippen LogP contribution is 2.18. The number of rotatable bonds is 6. The normalized spacial score (nSPS) is 12.8. The summed E-state index contributed by atoms with van der Waals surface area (Å²) >= 11 is 0. The Bertz CT molecular complexity index is 291. The van der Waals surface area contributed by atoms with Crippen molar-refractivity contribution in [3.8, 4) is 5.75 Å². The van der Waals surface area contributed by atoms with Gasteiger partial charge in [0.1, 0.15) is 5.75 Å². The van der Waals surface area contributed by atoms with Gasteiger partial charge in [0.2, 0.25) is 0 Å². The van der Waals surface area contributed by atoms with Crippen molar-refractivity contribution < 1.29 is 9.84 Å². The molecule has 3 nitrogen and oxygen atoms in total. The van der Waals surface area contributed by atoms with E-state index >= 15 is 0 Å². The quantitative estimate of drug-likeness (QED) is 0.772. The molecular weight excluding hydrogens is 202 g/mol. The molecule has 0 bridgehead atoms. The van der Waals surface area contributed by atoms with E-state index in [2.05, 4.69) is 13.8 Å². The molecule has 0 spiro atoms. The van der Waals surface area contributed by atoms with Crippen molar-refractivity contribution in [2.75, 3.05) is 19.8 Å². The maximum Gasteiger partial charge on any atom is 0.119 e. The van der Waals surface area contributed by atoms with Crippen LogP contribution in [-0.2, 0) is 0 Å². The van der Waals surface area contributed by atoms with Crippen LogP contribution in [0.4, 0.5) is 0 Å². The fourth-order valence-corrected chi connectivity index (χ4v) is 1.42. The Morgan fingerprint density at radius 3 is 2.31 bits per heavy atom. The SMILES string of the molecule is CC(C)COc1ccc(C(CN)CO)cc1. The second-order valence-electron chi connectivity index (χ2n) is 4.39. The Morgan fingerprint density at radius 2 is 1.88 bits per heavy atom. The molecule has 1 unspecified atom stereocenters. The number of hydrogen-bond acceptors (Lipinski definition) is 3. The van der Waals surface area contributed by atoms with Gasteiger partial charge in [-0.25, -0.2) is 0 Å². The predicted molar refractivity (Wildman–Crippen MR) is 65.7 cm³/mol. The van der Waals surface area contributed by atoms with E-state index in [1.165, 1.54) is 0 Å². The van der Waals surface area contributed by atoms with Crippen molar-refractivity contribution in [3.05, 3.63) is 29.8 Å². The van der Waals surface area contributed by atoms with Crippen LogP contribution in [-0.4, -0.2) is 24.9 Å². The molecule has 90 valence electrons. The summed E-state index contributed by atoms with van der Waals surface area (Å²) in [5.41, 5.74) is 6.62. The molecule has 16 heavy (non-hydrogen) atoms. The van der Waals surface area contributed by atoms with Gasteiger partial charge in [0.15, 0.2) is 0 Å². The molecule has 1 atom stereocenters. The van der Waals surface area contributed by atoms with Crippen LogP contribution in [0.25, 0.3) is 0 Å². The summed E-state index contributed by atoms with van der Waals surface area (Å²) in [5, 5.41) is 9.11. The van der Waals surface area contributed by atoms with Crippen LogP contribution >= 0.6 is 0 Å². The molecular formula is C13H21NO2. The Balaban J connectivity index is 2.60. The third-order valence-electron chi connectivity index (χ3n) is 2.44. The molecule has 0 aliphatic rings. The second-order valence-corrected chi connectivity index (χ2v) is 4.39. The van der Waals surface area contributed by atoms with Gasteiger partial charge >= 0.3 is 0 Å². The lowest BCUT2D eigenvalue weighted by molar-refractivity contribution is 0.265. The highest BCUT2D eigenvalue weighted by atomic mass is 16.5. The van der Waals surface area contributed by atoms with E-state index in [0.29, 0.717) is 12.5 Å². The standard InChI is InChI=1S/C13H21NO2/c1-10(2)9-16-13-5-3-11(4-6-13)12(7-14)8-15/h3-6,10,12,15H,7-9,14H2,1-2H3. The van der Waals surface area contributed by atoms with Gasteiger partial charge in [-0.15, -0.1) is 0 Å². The van der Waals surface area contributed by atoms with E-state index in [-0.39, 0.29) is 12.5 Å². The van der Waals surface area contributed by atoms with Crippen molar-refractivity contribution in [1.29, 1.82) is 0 Å². The van der Waals surface area contributed by atoms with Gasteiger partial charge in [0.25, 0.3) is 0 Å². The molecule has 0 aromatic heterocycles. The fourth-order valence-electron chi connectivity index (χ4n) is 1.42. The minimum Gasteiger partial charge on any atom is -0.493 e. The molecule has 0 radical (unpaired) electrons. The topological polar surface area (TPSA) is 55.5 Å². The van der Waals surface area contributed by atoms with Gasteiger partial charge in [0, 0.05) is 12.5 Å². The molecule has 0 aliphatic carbocycles. The van der Waals surface area contributed by atoms with Crippen molar-refractivity contribution in [2.45, 2.75) is 19.8 Å². The maximum absolute atomic E-state index is 9.11. The zero-order chi connectivity index (χ0) is 12.0. The number of hydrogen-bond donors (Lipinski definition) is 2. The molecule has 0 saturated carbocycles. The lowest BCUT2D eigenvalue weighted by atomic mass is 10.0. The van der Waals surface area contributed by atoms with Crippen molar-refractivity contribution >= 4 is 0 Å². The first-order valence-corrected chi connectivity index (χ1v) is 5.71. The summed E-state index contributed by atoms with van der Waals surface area (Å²) < 4.78 is 5.58. The smallest absolute Gasteiger partial charge is 0.119 e. The third kappa shape index (κ3) is 3.83. The summed E-state index contributed by atoms with van der Waals surface area (Å²) in [6.45, 7) is 5.50. The lowest BCUT2D eigenvalue weighted by Crippen LogP contribution is -2.15. The van der Waals surface area contributed by atoms with Crippen LogP contribution in [0.5, 0.6) is 5.75 Å². The van der Waals surface area contributed by atoms with Crippen LogP contribution in [0, 0.1) is 5.92 Å². The molecule has 1 aromatic rings. The number of aliphatic hydroxyl groups excluding tert-OH is 1. The van der Waals surface area contributed by atoms with Gasteiger partial charge in [0.05, 0.1) is 13.2 Å². The van der Waals surface area contributed by atoms with Gasteiger partial charge in [-0.2, -0.15) is 0 Å². The highest BCUT2D eigenvalue weighted by molar-refractivity contribution is 5.29. The van der Waals surface area contributed by atoms with Crippen molar-refractivity contribution in [1.82, 2.24) is 0 Å². The Hall–Kier alpha value is -1.06. The molecule has 0 fully saturated rings. The number of nitrogens with two attached hydrogens (primary N) is 1. The number of ether oxygens (including phenoxy) is 1. The van der Waals surface area contributed by atoms with E-state index < -0.39 is 0 Å². The van der Waals surface area contributed by atoms with Gasteiger partial charge < -0.3 is 15.6 Å². The first-order valence-electron chi connectivity index (χ1n) is 5.71. The largest absolute Gasteiger partial charge is 0.493 e. The molecule has 3 heteroatoms. The number of benzene rings is 1. The molecule has 1 aromatic carbocycles. The van der Waals surface area contributed by atoms with E-state index in [1.807, 2.05) is 24.3 Å².